The number of hydrogen-bond donors (Lipinski definition) is 2. The summed E-state index contributed by atoms with van der Waals surface area (Å²) in [5, 5.41) is 5.92. The molecule has 0 aliphatic carbocycles. The molecular weight excluding hydrogens is 224 g/mol. The second kappa shape index (κ2) is 5.98. The highest BCUT2D eigenvalue weighted by Crippen LogP contribution is 2.15. The van der Waals surface area contributed by atoms with Crippen LogP contribution in [0.4, 0.5) is 5.69 Å². The molecule has 1 unspecified atom stereocenters. The molecule has 3 nitrogen and oxygen atoms in total. The molecule has 0 saturated carbocycles. The van der Waals surface area contributed by atoms with E-state index in [1.54, 1.807) is 7.05 Å². The van der Waals surface area contributed by atoms with Crippen LogP contribution >= 0.6 is 0 Å². The van der Waals surface area contributed by atoms with E-state index in [4.69, 9.17) is 0 Å². The molecule has 0 heterocycles. The number of likely N-dealkylation sites (N-methyl/N-ethyl adjacent to an activating group) is 1. The molecule has 0 aliphatic rings. The standard InChI is InChI=1S/C15H16N2O/c1-16-14(12-8-4-2-5-9-12)15(18)17-13-10-6-3-7-11-13/h2-11,14,16H,1H3,(H,17,18). The zero-order valence-electron chi connectivity index (χ0n) is 10.3. The lowest BCUT2D eigenvalue weighted by Crippen LogP contribution is -2.30. The Kier molecular flexibility index (Phi) is 4.10. The van der Waals surface area contributed by atoms with Crippen molar-refractivity contribution in [2.24, 2.45) is 0 Å². The SMILES string of the molecule is CNC(C(=O)Nc1ccccc1)c1ccccc1. The number of carbonyl (C=O) groups is 1. The van der Waals surface area contributed by atoms with Gasteiger partial charge in [-0.2, -0.15) is 0 Å². The van der Waals surface area contributed by atoms with Crippen molar-refractivity contribution in [2.75, 3.05) is 12.4 Å². The van der Waals surface area contributed by atoms with Crippen LogP contribution in [-0.2, 0) is 4.79 Å². The first-order chi connectivity index (χ1) is 8.81. The van der Waals surface area contributed by atoms with Gasteiger partial charge in [0, 0.05) is 5.69 Å². The molecule has 1 atom stereocenters. The predicted molar refractivity (Wildman–Crippen MR) is 73.3 cm³/mol. The molecule has 92 valence electrons. The third-order valence-electron chi connectivity index (χ3n) is 2.73. The van der Waals surface area contributed by atoms with Crippen LogP contribution in [0.3, 0.4) is 0 Å². The molecule has 1 amide bonds. The van der Waals surface area contributed by atoms with Crippen LogP contribution in [-0.4, -0.2) is 13.0 Å². The first-order valence-electron chi connectivity index (χ1n) is 5.89. The highest BCUT2D eigenvalue weighted by molar-refractivity contribution is 5.95. The van der Waals surface area contributed by atoms with Gasteiger partial charge in [0.2, 0.25) is 5.91 Å². The van der Waals surface area contributed by atoms with Crippen LogP contribution in [0, 0.1) is 0 Å². The Hall–Kier alpha value is -2.13. The van der Waals surface area contributed by atoms with E-state index in [0.717, 1.165) is 11.3 Å². The van der Waals surface area contributed by atoms with Crippen molar-refractivity contribution in [1.82, 2.24) is 5.32 Å². The van der Waals surface area contributed by atoms with Gasteiger partial charge in [0.15, 0.2) is 0 Å². The molecule has 3 heteroatoms. The topological polar surface area (TPSA) is 41.1 Å². The maximum absolute atomic E-state index is 12.2. The van der Waals surface area contributed by atoms with Crippen molar-refractivity contribution in [1.29, 1.82) is 0 Å². The summed E-state index contributed by atoms with van der Waals surface area (Å²) in [5.41, 5.74) is 1.76. The number of rotatable bonds is 4. The summed E-state index contributed by atoms with van der Waals surface area (Å²) in [7, 11) is 1.78. The van der Waals surface area contributed by atoms with Crippen LogP contribution in [0.5, 0.6) is 0 Å². The Balaban J connectivity index is 2.12. The molecule has 0 spiro atoms. The molecule has 2 aromatic carbocycles. The van der Waals surface area contributed by atoms with Gasteiger partial charge in [-0.1, -0.05) is 48.5 Å². The molecule has 0 bridgehead atoms. The summed E-state index contributed by atoms with van der Waals surface area (Å²) in [6, 6.07) is 18.8. The maximum atomic E-state index is 12.2. The van der Waals surface area contributed by atoms with Gasteiger partial charge in [-0.05, 0) is 24.7 Å². The van der Waals surface area contributed by atoms with E-state index in [0.29, 0.717) is 0 Å². The summed E-state index contributed by atoms with van der Waals surface area (Å²) < 4.78 is 0. The second-order valence-corrected chi connectivity index (χ2v) is 3.99. The van der Waals surface area contributed by atoms with Crippen molar-refractivity contribution in [3.05, 3.63) is 66.2 Å². The Morgan fingerprint density at radius 2 is 1.50 bits per heavy atom. The van der Waals surface area contributed by atoms with E-state index in [1.807, 2.05) is 60.7 Å². The van der Waals surface area contributed by atoms with Gasteiger partial charge in [0.05, 0.1) is 0 Å². The zero-order chi connectivity index (χ0) is 12.8. The number of anilines is 1. The van der Waals surface area contributed by atoms with Gasteiger partial charge in [-0.25, -0.2) is 0 Å². The van der Waals surface area contributed by atoms with E-state index < -0.39 is 0 Å². The van der Waals surface area contributed by atoms with E-state index >= 15 is 0 Å². The molecule has 2 N–H and O–H groups in total. The van der Waals surface area contributed by atoms with Crippen LogP contribution < -0.4 is 10.6 Å². The predicted octanol–water partition coefficient (Wildman–Crippen LogP) is 2.59. The average molecular weight is 240 g/mol. The van der Waals surface area contributed by atoms with Gasteiger partial charge < -0.3 is 10.6 Å². The van der Waals surface area contributed by atoms with Gasteiger partial charge >= 0.3 is 0 Å². The lowest BCUT2D eigenvalue weighted by molar-refractivity contribution is -0.118. The number of amides is 1. The summed E-state index contributed by atoms with van der Waals surface area (Å²) in [6.45, 7) is 0. The first-order valence-corrected chi connectivity index (χ1v) is 5.89. The van der Waals surface area contributed by atoms with Gasteiger partial charge in [-0.15, -0.1) is 0 Å². The normalized spacial score (nSPS) is 11.8. The number of nitrogens with one attached hydrogen (secondary N) is 2. The third kappa shape index (κ3) is 2.96. The van der Waals surface area contributed by atoms with Crippen LogP contribution in [0.25, 0.3) is 0 Å². The molecule has 0 fully saturated rings. The lowest BCUT2D eigenvalue weighted by atomic mass is 10.1. The van der Waals surface area contributed by atoms with Crippen molar-refractivity contribution < 1.29 is 4.79 Å². The number of para-hydroxylation sites is 1. The fourth-order valence-corrected chi connectivity index (χ4v) is 1.83. The molecule has 2 rings (SSSR count). The molecule has 0 aromatic heterocycles. The fraction of sp³-hybridized carbons (Fsp3) is 0.133. The Bertz CT molecular complexity index is 496. The molecular formula is C15H16N2O. The zero-order valence-corrected chi connectivity index (χ0v) is 10.3. The quantitative estimate of drug-likeness (QED) is 0.862. The van der Waals surface area contributed by atoms with Gasteiger partial charge in [0.25, 0.3) is 0 Å². The van der Waals surface area contributed by atoms with Crippen LogP contribution in [0.1, 0.15) is 11.6 Å². The first kappa shape index (κ1) is 12.3. The minimum atomic E-state index is -0.341. The van der Waals surface area contributed by atoms with E-state index in [2.05, 4.69) is 10.6 Å². The Labute approximate surface area is 107 Å². The van der Waals surface area contributed by atoms with Crippen LogP contribution in [0.15, 0.2) is 60.7 Å². The highest BCUT2D eigenvalue weighted by Gasteiger charge is 2.17. The number of carbonyl (C=O) groups excluding carboxylic acids is 1. The monoisotopic (exact) mass is 240 g/mol. The fourth-order valence-electron chi connectivity index (χ4n) is 1.83. The van der Waals surface area contributed by atoms with Crippen molar-refractivity contribution >= 4 is 11.6 Å². The summed E-state index contributed by atoms with van der Waals surface area (Å²) >= 11 is 0. The highest BCUT2D eigenvalue weighted by atomic mass is 16.2. The van der Waals surface area contributed by atoms with E-state index in [-0.39, 0.29) is 11.9 Å². The van der Waals surface area contributed by atoms with Crippen molar-refractivity contribution in [3.63, 3.8) is 0 Å². The number of hydrogen-bond acceptors (Lipinski definition) is 2. The van der Waals surface area contributed by atoms with E-state index in [9.17, 15) is 4.79 Å². The minimum Gasteiger partial charge on any atom is -0.324 e. The number of benzene rings is 2. The molecule has 18 heavy (non-hydrogen) atoms. The van der Waals surface area contributed by atoms with Gasteiger partial charge in [-0.3, -0.25) is 4.79 Å². The molecule has 0 saturated heterocycles. The largest absolute Gasteiger partial charge is 0.324 e. The van der Waals surface area contributed by atoms with Gasteiger partial charge in [0.1, 0.15) is 6.04 Å². The average Bonchev–Trinajstić information content (AvgIpc) is 2.42. The lowest BCUT2D eigenvalue weighted by Gasteiger charge is -2.16. The third-order valence-corrected chi connectivity index (χ3v) is 2.73. The molecule has 0 aliphatic heterocycles. The Morgan fingerprint density at radius 3 is 2.06 bits per heavy atom. The molecule has 0 radical (unpaired) electrons. The summed E-state index contributed by atoms with van der Waals surface area (Å²) in [5.74, 6) is -0.0603. The van der Waals surface area contributed by atoms with E-state index in [1.165, 1.54) is 0 Å². The van der Waals surface area contributed by atoms with Crippen molar-refractivity contribution in [2.45, 2.75) is 6.04 Å². The maximum Gasteiger partial charge on any atom is 0.246 e. The summed E-state index contributed by atoms with van der Waals surface area (Å²) in [4.78, 5) is 12.2. The minimum absolute atomic E-state index is 0.0603. The smallest absolute Gasteiger partial charge is 0.246 e. The molecule has 2 aromatic rings. The van der Waals surface area contributed by atoms with Crippen molar-refractivity contribution in [3.8, 4) is 0 Å². The summed E-state index contributed by atoms with van der Waals surface area (Å²) in [6.07, 6.45) is 0. The second-order valence-electron chi connectivity index (χ2n) is 3.99. The van der Waals surface area contributed by atoms with Crippen LogP contribution in [0.2, 0.25) is 0 Å². The Morgan fingerprint density at radius 1 is 0.944 bits per heavy atom.